The lowest BCUT2D eigenvalue weighted by atomic mass is 10.1. The van der Waals surface area contributed by atoms with E-state index >= 15 is 0 Å². The number of aromatic nitrogens is 4. The molecule has 4 rings (SSSR count). The number of rotatable bonds is 9. The van der Waals surface area contributed by atoms with Crippen molar-refractivity contribution in [3.8, 4) is 0 Å². The van der Waals surface area contributed by atoms with Gasteiger partial charge in [-0.2, -0.15) is 4.98 Å². The summed E-state index contributed by atoms with van der Waals surface area (Å²) in [6.45, 7) is 9.88. The zero-order valence-corrected chi connectivity index (χ0v) is 27.5. The molecule has 1 N–H and O–H groups in total. The van der Waals surface area contributed by atoms with E-state index in [2.05, 4.69) is 5.32 Å². The third-order valence-corrected chi connectivity index (χ3v) is 7.57. The van der Waals surface area contributed by atoms with Gasteiger partial charge in [-0.05, 0) is 59.6 Å². The lowest BCUT2D eigenvalue weighted by molar-refractivity contribution is 0.0499. The largest absolute Gasteiger partial charge is 0.449 e. The van der Waals surface area contributed by atoms with Crippen LogP contribution in [-0.4, -0.2) is 75.0 Å². The molecule has 46 heavy (non-hydrogen) atoms. The van der Waals surface area contributed by atoms with Crippen molar-refractivity contribution >= 4 is 40.8 Å². The molecule has 1 atom stereocenters. The molecule has 248 valence electrons. The van der Waals surface area contributed by atoms with Crippen molar-refractivity contribution < 1.29 is 23.9 Å². The summed E-state index contributed by atoms with van der Waals surface area (Å²) in [5.41, 5.74) is -1.20. The lowest BCUT2D eigenvalue weighted by Crippen LogP contribution is -2.49. The monoisotopic (exact) mass is 637 g/mol. The molecule has 1 aromatic carbocycles. The summed E-state index contributed by atoms with van der Waals surface area (Å²) >= 11 is 0. The van der Waals surface area contributed by atoms with Crippen LogP contribution in [0, 0.1) is 0 Å². The quantitative estimate of drug-likeness (QED) is 0.275. The molecule has 0 aliphatic carbocycles. The first-order valence-electron chi connectivity index (χ1n) is 15.4. The number of hydrogen-bond acceptors (Lipinski definition) is 9. The van der Waals surface area contributed by atoms with Gasteiger partial charge in [-0.1, -0.05) is 24.3 Å². The van der Waals surface area contributed by atoms with Crippen molar-refractivity contribution in [3.63, 3.8) is 0 Å². The van der Waals surface area contributed by atoms with Gasteiger partial charge in [0, 0.05) is 45.3 Å². The number of hydrogen-bond donors (Lipinski definition) is 1. The summed E-state index contributed by atoms with van der Waals surface area (Å²) < 4.78 is 14.4. The van der Waals surface area contributed by atoms with Crippen LogP contribution in [0.15, 0.2) is 46.0 Å². The molecule has 3 aromatic rings. The van der Waals surface area contributed by atoms with E-state index in [4.69, 9.17) is 14.5 Å². The molecule has 1 saturated heterocycles. The van der Waals surface area contributed by atoms with E-state index in [-0.39, 0.29) is 41.6 Å². The minimum atomic E-state index is -0.701. The summed E-state index contributed by atoms with van der Waals surface area (Å²) in [6, 6.07) is 6.23. The summed E-state index contributed by atoms with van der Waals surface area (Å²) in [5.74, 6) is -0.0569. The molecule has 3 heterocycles. The molecule has 1 fully saturated rings. The van der Waals surface area contributed by atoms with Gasteiger partial charge in [0.05, 0.1) is 18.8 Å². The second-order valence-electron chi connectivity index (χ2n) is 12.1. The molecule has 2 amide bonds. The summed E-state index contributed by atoms with van der Waals surface area (Å²) in [7, 11) is 2.99. The molecule has 1 aliphatic heterocycles. The molecule has 1 unspecified atom stereocenters. The fraction of sp³-hybridized carbons (Fsp3) is 0.500. The van der Waals surface area contributed by atoms with Crippen molar-refractivity contribution in [2.24, 2.45) is 7.05 Å². The van der Waals surface area contributed by atoms with Crippen LogP contribution in [0.2, 0.25) is 0 Å². The van der Waals surface area contributed by atoms with Crippen LogP contribution in [-0.2, 0) is 29.6 Å². The Kier molecular flexibility index (Phi) is 10.4. The molecule has 2 aromatic heterocycles. The highest BCUT2D eigenvalue weighted by Crippen LogP contribution is 2.25. The van der Waals surface area contributed by atoms with Crippen LogP contribution >= 0.6 is 0 Å². The number of benzene rings is 1. The lowest BCUT2D eigenvalue weighted by Gasteiger charge is -2.34. The number of amides is 2. The number of carbonyl (C=O) groups is 3. The number of allylic oxidation sites excluding steroid dienone is 2. The predicted molar refractivity (Wildman–Crippen MR) is 175 cm³/mol. The van der Waals surface area contributed by atoms with Crippen molar-refractivity contribution in [1.29, 1.82) is 0 Å². The first-order chi connectivity index (χ1) is 21.8. The van der Waals surface area contributed by atoms with E-state index in [0.29, 0.717) is 19.0 Å². The van der Waals surface area contributed by atoms with Crippen molar-refractivity contribution in [2.75, 3.05) is 36.5 Å². The maximum absolute atomic E-state index is 14.0. The molecule has 0 bridgehead atoms. The third kappa shape index (κ3) is 7.32. The van der Waals surface area contributed by atoms with Crippen LogP contribution in [0.4, 0.5) is 21.2 Å². The standard InChI is InChI=1S/C32H43N7O7/c1-8-10-18-38-25-26(34-28(38)37-17-13-14-21(19-37)33-29(42)46-32(3,4)5)36(7)30(43)39(27(25)41)20-24(40)22-15-11-12-16-23(22)35(6)31(44)45-9-2/h8,10-12,15-16,21H,9,13-14,17-20H2,1-7H3,(H,33,42)/b10-8+. The minimum Gasteiger partial charge on any atom is -0.449 e. The number of Topliss-reactive ketones (excluding diaryl/α,β-unsaturated/α-hetero) is 1. The number of piperidine rings is 1. The summed E-state index contributed by atoms with van der Waals surface area (Å²) in [6.07, 6.45) is 4.06. The molecule has 14 heteroatoms. The second-order valence-corrected chi connectivity index (χ2v) is 12.1. The zero-order valence-electron chi connectivity index (χ0n) is 27.5. The first kappa shape index (κ1) is 34.0. The number of alkyl carbamates (subject to hydrolysis) is 1. The van der Waals surface area contributed by atoms with Gasteiger partial charge in [-0.15, -0.1) is 0 Å². The van der Waals surface area contributed by atoms with E-state index in [9.17, 15) is 24.0 Å². The fourth-order valence-corrected chi connectivity index (χ4v) is 5.42. The number of para-hydroxylation sites is 1. The van der Waals surface area contributed by atoms with Crippen LogP contribution in [0.3, 0.4) is 0 Å². The van der Waals surface area contributed by atoms with Gasteiger partial charge < -0.3 is 24.3 Å². The number of nitrogens with one attached hydrogen (secondary N) is 1. The number of anilines is 2. The van der Waals surface area contributed by atoms with Crippen LogP contribution in [0.5, 0.6) is 0 Å². The summed E-state index contributed by atoms with van der Waals surface area (Å²) in [4.78, 5) is 74.0. The van der Waals surface area contributed by atoms with E-state index < -0.39 is 41.4 Å². The first-order valence-corrected chi connectivity index (χ1v) is 15.4. The van der Waals surface area contributed by atoms with Crippen molar-refractivity contribution in [2.45, 2.75) is 72.2 Å². The Labute approximate surface area is 267 Å². The van der Waals surface area contributed by atoms with E-state index in [1.54, 1.807) is 50.5 Å². The Hall–Kier alpha value is -4.88. The van der Waals surface area contributed by atoms with E-state index in [1.807, 2.05) is 24.0 Å². The molecular formula is C32H43N7O7. The number of nitrogens with zero attached hydrogens (tertiary/aromatic N) is 6. The number of aryl methyl sites for hydroxylation is 1. The smallest absolute Gasteiger partial charge is 0.414 e. The van der Waals surface area contributed by atoms with E-state index in [1.165, 1.54) is 29.6 Å². The van der Waals surface area contributed by atoms with Gasteiger partial charge in [0.25, 0.3) is 5.56 Å². The van der Waals surface area contributed by atoms with Gasteiger partial charge in [0.2, 0.25) is 5.95 Å². The highest BCUT2D eigenvalue weighted by atomic mass is 16.6. The highest BCUT2D eigenvalue weighted by molar-refractivity contribution is 6.04. The molecule has 0 spiro atoms. The van der Waals surface area contributed by atoms with Gasteiger partial charge in [0.15, 0.2) is 16.9 Å². The number of ketones is 1. The topological polar surface area (TPSA) is 150 Å². The molecule has 0 saturated carbocycles. The minimum absolute atomic E-state index is 0.159. The van der Waals surface area contributed by atoms with Gasteiger partial charge in [-0.3, -0.25) is 23.6 Å². The van der Waals surface area contributed by atoms with Crippen LogP contribution in [0.1, 0.15) is 57.8 Å². The predicted octanol–water partition coefficient (Wildman–Crippen LogP) is 3.44. The molecular weight excluding hydrogens is 594 g/mol. The Morgan fingerprint density at radius 1 is 1.15 bits per heavy atom. The van der Waals surface area contributed by atoms with Crippen LogP contribution < -0.4 is 26.4 Å². The molecule has 1 aliphatic rings. The number of carbonyl (C=O) groups excluding carboxylic acids is 3. The Morgan fingerprint density at radius 2 is 1.87 bits per heavy atom. The normalized spacial score (nSPS) is 15.3. The SMILES string of the molecule is C/C=C/Cn1c(N2CCCC(NC(=O)OC(C)(C)C)C2)nc2c1c(=O)n(CC(=O)c1ccccc1N(C)C(=O)OCC)c(=O)n2C. The maximum Gasteiger partial charge on any atom is 0.414 e. The third-order valence-electron chi connectivity index (χ3n) is 7.57. The fourth-order valence-electron chi connectivity index (χ4n) is 5.42. The highest BCUT2D eigenvalue weighted by Gasteiger charge is 2.29. The Morgan fingerprint density at radius 3 is 2.54 bits per heavy atom. The molecule has 14 nitrogen and oxygen atoms in total. The Bertz CT molecular complexity index is 1760. The van der Waals surface area contributed by atoms with E-state index in [0.717, 1.165) is 17.4 Å². The Balaban J connectivity index is 1.73. The molecule has 0 radical (unpaired) electrons. The second kappa shape index (κ2) is 14.0. The number of ether oxygens (including phenoxy) is 2. The van der Waals surface area contributed by atoms with Crippen LogP contribution in [0.25, 0.3) is 11.2 Å². The van der Waals surface area contributed by atoms with Gasteiger partial charge in [0.1, 0.15) is 5.60 Å². The zero-order chi connectivity index (χ0) is 33.8. The van der Waals surface area contributed by atoms with Gasteiger partial charge in [-0.25, -0.2) is 14.4 Å². The number of imidazole rings is 1. The van der Waals surface area contributed by atoms with Crippen molar-refractivity contribution in [1.82, 2.24) is 24.0 Å². The maximum atomic E-state index is 14.0. The van der Waals surface area contributed by atoms with Crippen molar-refractivity contribution in [3.05, 3.63) is 62.8 Å². The summed E-state index contributed by atoms with van der Waals surface area (Å²) in [5, 5.41) is 2.93. The van der Waals surface area contributed by atoms with Gasteiger partial charge >= 0.3 is 17.9 Å². The average molecular weight is 638 g/mol. The number of fused-ring (bicyclic) bond motifs is 1. The average Bonchev–Trinajstić information content (AvgIpc) is 3.39.